The van der Waals surface area contributed by atoms with E-state index in [-0.39, 0.29) is 11.1 Å². The summed E-state index contributed by atoms with van der Waals surface area (Å²) < 4.78 is 19.1. The predicted molar refractivity (Wildman–Crippen MR) is 101 cm³/mol. The van der Waals surface area contributed by atoms with Crippen molar-refractivity contribution in [2.24, 2.45) is 0 Å². The lowest BCUT2D eigenvalue weighted by molar-refractivity contribution is 0.0943. The van der Waals surface area contributed by atoms with E-state index in [0.717, 1.165) is 5.56 Å². The lowest BCUT2D eigenvalue weighted by Gasteiger charge is -2.18. The number of carbonyl (C=O) groups is 1. The first kappa shape index (κ1) is 17.9. The zero-order chi connectivity index (χ0) is 19.5. The van der Waals surface area contributed by atoms with Crippen molar-refractivity contribution in [2.75, 3.05) is 0 Å². The van der Waals surface area contributed by atoms with Crippen molar-refractivity contribution in [1.82, 2.24) is 20.7 Å². The zero-order valence-electron chi connectivity index (χ0n) is 14.4. The van der Waals surface area contributed by atoms with E-state index in [0.29, 0.717) is 16.3 Å². The molecule has 0 bridgehead atoms. The van der Waals surface area contributed by atoms with Crippen molar-refractivity contribution in [3.63, 3.8) is 0 Å². The average molecular weight is 397 g/mol. The van der Waals surface area contributed by atoms with Crippen LogP contribution in [0.1, 0.15) is 27.5 Å². The molecule has 0 aliphatic rings. The molecule has 0 radical (unpaired) electrons. The van der Waals surface area contributed by atoms with Crippen LogP contribution in [0.3, 0.4) is 0 Å². The SMILES string of the molecule is O=C(NC(c1cnoc1)c1cccc(Cl)c1)c1cn[nH]c1-c1ccccc1F. The van der Waals surface area contributed by atoms with Gasteiger partial charge >= 0.3 is 0 Å². The highest BCUT2D eigenvalue weighted by Crippen LogP contribution is 2.27. The van der Waals surface area contributed by atoms with Crippen LogP contribution in [0.15, 0.2) is 71.7 Å². The Bertz CT molecular complexity index is 1110. The minimum Gasteiger partial charge on any atom is -0.364 e. The summed E-state index contributed by atoms with van der Waals surface area (Å²) in [5.74, 6) is -0.885. The van der Waals surface area contributed by atoms with Crippen LogP contribution >= 0.6 is 11.6 Å². The molecular weight excluding hydrogens is 383 g/mol. The largest absolute Gasteiger partial charge is 0.364 e. The first-order valence-corrected chi connectivity index (χ1v) is 8.75. The van der Waals surface area contributed by atoms with Crippen LogP contribution in [-0.4, -0.2) is 21.3 Å². The van der Waals surface area contributed by atoms with Gasteiger partial charge in [0.05, 0.1) is 29.7 Å². The van der Waals surface area contributed by atoms with Crippen molar-refractivity contribution in [2.45, 2.75) is 6.04 Å². The molecule has 8 heteroatoms. The van der Waals surface area contributed by atoms with Crippen LogP contribution in [0.25, 0.3) is 11.3 Å². The van der Waals surface area contributed by atoms with Crippen LogP contribution in [0.2, 0.25) is 5.02 Å². The number of aromatic nitrogens is 3. The summed E-state index contributed by atoms with van der Waals surface area (Å²) in [6.45, 7) is 0. The number of aromatic amines is 1. The first-order chi connectivity index (χ1) is 13.6. The van der Waals surface area contributed by atoms with Crippen molar-refractivity contribution >= 4 is 17.5 Å². The van der Waals surface area contributed by atoms with Gasteiger partial charge in [0.2, 0.25) is 0 Å². The fourth-order valence-corrected chi connectivity index (χ4v) is 3.14. The number of benzene rings is 2. The molecule has 0 fully saturated rings. The van der Waals surface area contributed by atoms with Gasteiger partial charge in [0.15, 0.2) is 0 Å². The van der Waals surface area contributed by atoms with Crippen LogP contribution in [0.4, 0.5) is 4.39 Å². The lowest BCUT2D eigenvalue weighted by Crippen LogP contribution is -2.29. The Balaban J connectivity index is 1.69. The van der Waals surface area contributed by atoms with E-state index in [2.05, 4.69) is 20.7 Å². The normalized spacial score (nSPS) is 11.9. The van der Waals surface area contributed by atoms with Crippen LogP contribution in [0.5, 0.6) is 0 Å². The van der Waals surface area contributed by atoms with Gasteiger partial charge in [-0.15, -0.1) is 0 Å². The topological polar surface area (TPSA) is 83.8 Å². The maximum atomic E-state index is 14.2. The van der Waals surface area contributed by atoms with Gasteiger partial charge in [-0.2, -0.15) is 5.10 Å². The Morgan fingerprint density at radius 1 is 1.14 bits per heavy atom. The Labute approximate surface area is 164 Å². The molecule has 140 valence electrons. The molecular formula is C20H14ClFN4O2. The quantitative estimate of drug-likeness (QED) is 0.524. The van der Waals surface area contributed by atoms with E-state index in [1.165, 1.54) is 24.7 Å². The summed E-state index contributed by atoms with van der Waals surface area (Å²) >= 11 is 6.10. The number of rotatable bonds is 5. The molecule has 2 heterocycles. The number of nitrogens with one attached hydrogen (secondary N) is 2. The van der Waals surface area contributed by atoms with Crippen LogP contribution in [-0.2, 0) is 0 Å². The second kappa shape index (κ2) is 7.66. The molecule has 0 saturated heterocycles. The molecule has 6 nitrogen and oxygen atoms in total. The predicted octanol–water partition coefficient (Wildman–Crippen LogP) is 4.38. The van der Waals surface area contributed by atoms with Gasteiger partial charge in [-0.05, 0) is 29.8 Å². The van der Waals surface area contributed by atoms with Gasteiger partial charge in [-0.3, -0.25) is 9.89 Å². The summed E-state index contributed by atoms with van der Waals surface area (Å²) in [5, 5.41) is 13.8. The van der Waals surface area contributed by atoms with Gasteiger partial charge in [-0.1, -0.05) is 41.0 Å². The summed E-state index contributed by atoms with van der Waals surface area (Å²) in [4.78, 5) is 13.0. The number of amides is 1. The third-order valence-corrected chi connectivity index (χ3v) is 4.50. The molecule has 0 aliphatic heterocycles. The van der Waals surface area contributed by atoms with E-state index < -0.39 is 17.8 Å². The smallest absolute Gasteiger partial charge is 0.255 e. The molecule has 0 saturated carbocycles. The highest BCUT2D eigenvalue weighted by molar-refractivity contribution is 6.30. The zero-order valence-corrected chi connectivity index (χ0v) is 15.2. The molecule has 2 N–H and O–H groups in total. The number of halogens is 2. The minimum atomic E-state index is -0.555. The van der Waals surface area contributed by atoms with Crippen LogP contribution < -0.4 is 5.32 Å². The van der Waals surface area contributed by atoms with E-state index in [1.54, 1.807) is 36.4 Å². The summed E-state index contributed by atoms with van der Waals surface area (Å²) in [7, 11) is 0. The Morgan fingerprint density at radius 3 is 2.75 bits per heavy atom. The second-order valence-electron chi connectivity index (χ2n) is 6.06. The second-order valence-corrected chi connectivity index (χ2v) is 6.49. The maximum absolute atomic E-state index is 14.2. The standard InChI is InChI=1S/C20H14ClFN4O2/c21-14-5-3-4-12(8-14)18(13-9-24-28-11-13)25-20(27)16-10-23-26-19(16)15-6-1-2-7-17(15)22/h1-11,18H,(H,23,26)(H,25,27). The monoisotopic (exact) mass is 396 g/mol. The molecule has 4 aromatic rings. The van der Waals surface area contributed by atoms with Gasteiger partial charge in [0, 0.05) is 16.1 Å². The Kier molecular flexibility index (Phi) is 4.90. The minimum absolute atomic E-state index is 0.216. The van der Waals surface area contributed by atoms with Crippen molar-refractivity contribution in [1.29, 1.82) is 0 Å². The number of carbonyl (C=O) groups excluding carboxylic acids is 1. The number of nitrogens with zero attached hydrogens (tertiary/aromatic N) is 2. The molecule has 0 aliphatic carbocycles. The van der Waals surface area contributed by atoms with E-state index in [1.807, 2.05) is 6.07 Å². The molecule has 4 rings (SSSR count). The number of hydrogen-bond acceptors (Lipinski definition) is 4. The summed E-state index contributed by atoms with van der Waals surface area (Å²) in [5.41, 5.74) is 2.17. The first-order valence-electron chi connectivity index (χ1n) is 8.37. The van der Waals surface area contributed by atoms with Crippen molar-refractivity contribution < 1.29 is 13.7 Å². The van der Waals surface area contributed by atoms with E-state index in [4.69, 9.17) is 16.1 Å². The Morgan fingerprint density at radius 2 is 2.00 bits per heavy atom. The average Bonchev–Trinajstić information content (AvgIpc) is 3.38. The highest BCUT2D eigenvalue weighted by atomic mass is 35.5. The maximum Gasteiger partial charge on any atom is 0.255 e. The summed E-state index contributed by atoms with van der Waals surface area (Å²) in [6, 6.07) is 12.7. The molecule has 1 atom stereocenters. The van der Waals surface area contributed by atoms with Crippen molar-refractivity contribution in [3.05, 3.63) is 94.7 Å². The van der Waals surface area contributed by atoms with Gasteiger partial charge in [-0.25, -0.2) is 4.39 Å². The lowest BCUT2D eigenvalue weighted by atomic mass is 10.0. The van der Waals surface area contributed by atoms with E-state index >= 15 is 0 Å². The van der Waals surface area contributed by atoms with Gasteiger partial charge in [0.1, 0.15) is 12.1 Å². The number of hydrogen-bond donors (Lipinski definition) is 2. The third-order valence-electron chi connectivity index (χ3n) is 4.27. The highest BCUT2D eigenvalue weighted by Gasteiger charge is 2.23. The van der Waals surface area contributed by atoms with Crippen LogP contribution in [0, 0.1) is 5.82 Å². The molecule has 2 aromatic carbocycles. The fraction of sp³-hybridized carbons (Fsp3) is 0.0500. The number of H-pyrrole nitrogens is 1. The molecule has 2 aromatic heterocycles. The molecule has 1 unspecified atom stereocenters. The molecule has 0 spiro atoms. The fourth-order valence-electron chi connectivity index (χ4n) is 2.94. The van der Waals surface area contributed by atoms with Crippen molar-refractivity contribution in [3.8, 4) is 11.3 Å². The van der Waals surface area contributed by atoms with Gasteiger partial charge in [0.25, 0.3) is 5.91 Å². The molecule has 1 amide bonds. The summed E-state index contributed by atoms with van der Waals surface area (Å²) in [6.07, 6.45) is 4.32. The third kappa shape index (κ3) is 3.52. The Hall–Kier alpha value is -3.45. The van der Waals surface area contributed by atoms with E-state index in [9.17, 15) is 9.18 Å². The molecule has 28 heavy (non-hydrogen) atoms. The van der Waals surface area contributed by atoms with Gasteiger partial charge < -0.3 is 9.84 Å².